The molecule has 1 unspecified atom stereocenters. The molecule has 1 rings (SSSR count). The van der Waals surface area contributed by atoms with Crippen LogP contribution < -0.4 is 10.5 Å². The first kappa shape index (κ1) is 12.3. The van der Waals surface area contributed by atoms with Crippen LogP contribution in [0, 0.1) is 0 Å². The van der Waals surface area contributed by atoms with Crippen LogP contribution in [0.4, 0.5) is 0 Å². The third kappa shape index (κ3) is 3.70. The van der Waals surface area contributed by atoms with Crippen LogP contribution in [0.25, 0.3) is 0 Å². The fourth-order valence-electron chi connectivity index (χ4n) is 1.13. The summed E-state index contributed by atoms with van der Waals surface area (Å²) in [5.74, 6) is 0.571. The van der Waals surface area contributed by atoms with Crippen molar-refractivity contribution in [1.29, 1.82) is 0 Å². The van der Waals surface area contributed by atoms with Crippen LogP contribution in [0.5, 0.6) is 5.75 Å². The highest BCUT2D eigenvalue weighted by Crippen LogP contribution is 2.27. The molecule has 0 aliphatic rings. The maximum absolute atomic E-state index is 9.06. The second kappa shape index (κ2) is 5.35. The number of halogens is 1. The van der Waals surface area contributed by atoms with Gasteiger partial charge in [0.2, 0.25) is 0 Å². The number of nitrogens with two attached hydrogens (primary N) is 1. The first-order valence-corrected chi connectivity index (χ1v) is 5.24. The number of benzene rings is 1. The molecule has 0 saturated carbocycles. The molecular weight excluding hydrogens is 214 g/mol. The molecule has 84 valence electrons. The number of rotatable bonds is 4. The highest BCUT2D eigenvalue weighted by atomic mass is 35.5. The quantitative estimate of drug-likeness (QED) is 0.832. The zero-order chi connectivity index (χ0) is 11.4. The fourth-order valence-corrected chi connectivity index (χ4v) is 1.37. The SMILES string of the molecule is CC(O)COc1ccc([C@@H](C)N)cc1Cl. The Kier molecular flexibility index (Phi) is 4.39. The van der Waals surface area contributed by atoms with Gasteiger partial charge in [0, 0.05) is 6.04 Å². The fraction of sp³-hybridized carbons (Fsp3) is 0.455. The largest absolute Gasteiger partial charge is 0.489 e. The van der Waals surface area contributed by atoms with Crippen LogP contribution in [-0.2, 0) is 0 Å². The second-order valence-electron chi connectivity index (χ2n) is 3.64. The van der Waals surface area contributed by atoms with E-state index >= 15 is 0 Å². The lowest BCUT2D eigenvalue weighted by Crippen LogP contribution is -2.13. The van der Waals surface area contributed by atoms with E-state index in [9.17, 15) is 0 Å². The van der Waals surface area contributed by atoms with E-state index < -0.39 is 6.10 Å². The van der Waals surface area contributed by atoms with Crippen molar-refractivity contribution in [2.75, 3.05) is 6.61 Å². The van der Waals surface area contributed by atoms with Crippen LogP contribution in [0.3, 0.4) is 0 Å². The normalized spacial score (nSPS) is 14.7. The minimum absolute atomic E-state index is 0.0479. The number of hydrogen-bond acceptors (Lipinski definition) is 3. The third-order valence-corrected chi connectivity index (χ3v) is 2.26. The summed E-state index contributed by atoms with van der Waals surface area (Å²) in [5, 5.41) is 9.58. The smallest absolute Gasteiger partial charge is 0.138 e. The van der Waals surface area contributed by atoms with Crippen molar-refractivity contribution in [1.82, 2.24) is 0 Å². The molecular formula is C11H16ClNO2. The molecule has 0 bridgehead atoms. The van der Waals surface area contributed by atoms with Crippen molar-refractivity contribution in [2.24, 2.45) is 5.73 Å². The molecule has 0 radical (unpaired) electrons. The zero-order valence-electron chi connectivity index (χ0n) is 8.90. The van der Waals surface area contributed by atoms with Gasteiger partial charge in [-0.2, -0.15) is 0 Å². The second-order valence-corrected chi connectivity index (χ2v) is 4.05. The Labute approximate surface area is 94.8 Å². The summed E-state index contributed by atoms with van der Waals surface area (Å²) >= 11 is 5.99. The Balaban J connectivity index is 2.75. The summed E-state index contributed by atoms with van der Waals surface area (Å²) < 4.78 is 5.31. The maximum Gasteiger partial charge on any atom is 0.138 e. The van der Waals surface area contributed by atoms with Crippen LogP contribution >= 0.6 is 11.6 Å². The average molecular weight is 230 g/mol. The van der Waals surface area contributed by atoms with E-state index in [-0.39, 0.29) is 12.6 Å². The van der Waals surface area contributed by atoms with Gasteiger partial charge >= 0.3 is 0 Å². The van der Waals surface area contributed by atoms with Gasteiger partial charge < -0.3 is 15.6 Å². The molecule has 0 saturated heterocycles. The van der Waals surface area contributed by atoms with Gasteiger partial charge in [-0.1, -0.05) is 17.7 Å². The molecule has 0 fully saturated rings. The molecule has 15 heavy (non-hydrogen) atoms. The number of hydrogen-bond donors (Lipinski definition) is 2. The molecule has 0 spiro atoms. The predicted octanol–water partition coefficient (Wildman–Crippen LogP) is 2.12. The van der Waals surface area contributed by atoms with Crippen LogP contribution in [0.1, 0.15) is 25.5 Å². The summed E-state index contributed by atoms with van der Waals surface area (Å²) in [4.78, 5) is 0. The Morgan fingerprint density at radius 1 is 1.47 bits per heavy atom. The Bertz CT molecular complexity index is 326. The standard InChI is InChI=1S/C11H16ClNO2/c1-7(14)6-15-11-4-3-9(8(2)13)5-10(11)12/h3-5,7-8,14H,6,13H2,1-2H3/t7?,8-/m1/s1. The highest BCUT2D eigenvalue weighted by Gasteiger charge is 2.06. The van der Waals surface area contributed by atoms with Crippen molar-refractivity contribution in [3.63, 3.8) is 0 Å². The molecule has 2 atom stereocenters. The van der Waals surface area contributed by atoms with Gasteiger partial charge in [-0.05, 0) is 31.5 Å². The van der Waals surface area contributed by atoms with E-state index in [1.165, 1.54) is 0 Å². The van der Waals surface area contributed by atoms with Gasteiger partial charge in [0.25, 0.3) is 0 Å². The third-order valence-electron chi connectivity index (χ3n) is 1.96. The zero-order valence-corrected chi connectivity index (χ0v) is 9.66. The molecule has 1 aromatic rings. The molecule has 0 aromatic heterocycles. The molecule has 0 aliphatic carbocycles. The van der Waals surface area contributed by atoms with Gasteiger partial charge in [0.05, 0.1) is 11.1 Å². The number of aliphatic hydroxyl groups excluding tert-OH is 1. The predicted molar refractivity (Wildman–Crippen MR) is 61.2 cm³/mol. The molecule has 0 amide bonds. The minimum atomic E-state index is -0.505. The van der Waals surface area contributed by atoms with Crippen molar-refractivity contribution >= 4 is 11.6 Å². The first-order chi connectivity index (χ1) is 7.00. The molecule has 3 N–H and O–H groups in total. The molecule has 0 heterocycles. The van der Waals surface area contributed by atoms with Crippen LogP contribution in [0.2, 0.25) is 5.02 Å². The highest BCUT2D eigenvalue weighted by molar-refractivity contribution is 6.32. The first-order valence-electron chi connectivity index (χ1n) is 4.86. The minimum Gasteiger partial charge on any atom is -0.489 e. The Morgan fingerprint density at radius 2 is 2.13 bits per heavy atom. The van der Waals surface area contributed by atoms with E-state index in [2.05, 4.69) is 0 Å². The van der Waals surface area contributed by atoms with Crippen molar-refractivity contribution < 1.29 is 9.84 Å². The van der Waals surface area contributed by atoms with E-state index in [4.69, 9.17) is 27.2 Å². The number of ether oxygens (including phenoxy) is 1. The topological polar surface area (TPSA) is 55.5 Å². The molecule has 1 aromatic carbocycles. The summed E-state index contributed by atoms with van der Waals surface area (Å²) in [6, 6.07) is 5.37. The average Bonchev–Trinajstić information content (AvgIpc) is 2.15. The molecule has 0 aliphatic heterocycles. The van der Waals surface area contributed by atoms with E-state index in [1.54, 1.807) is 19.1 Å². The van der Waals surface area contributed by atoms with E-state index in [0.29, 0.717) is 10.8 Å². The van der Waals surface area contributed by atoms with Gasteiger partial charge in [-0.3, -0.25) is 0 Å². The van der Waals surface area contributed by atoms with Crippen molar-refractivity contribution in [2.45, 2.75) is 26.0 Å². The Morgan fingerprint density at radius 3 is 2.60 bits per heavy atom. The lowest BCUT2D eigenvalue weighted by molar-refractivity contribution is 0.123. The monoisotopic (exact) mass is 229 g/mol. The van der Waals surface area contributed by atoms with E-state index in [1.807, 2.05) is 13.0 Å². The summed E-state index contributed by atoms with van der Waals surface area (Å²) in [6.07, 6.45) is -0.505. The van der Waals surface area contributed by atoms with E-state index in [0.717, 1.165) is 5.56 Å². The summed E-state index contributed by atoms with van der Waals surface area (Å²) in [6.45, 7) is 3.78. The van der Waals surface area contributed by atoms with Crippen molar-refractivity contribution in [3.8, 4) is 5.75 Å². The maximum atomic E-state index is 9.06. The molecule has 3 nitrogen and oxygen atoms in total. The molecule has 4 heteroatoms. The van der Waals surface area contributed by atoms with Crippen LogP contribution in [-0.4, -0.2) is 17.8 Å². The van der Waals surface area contributed by atoms with Gasteiger partial charge in [-0.15, -0.1) is 0 Å². The Hall–Kier alpha value is -0.770. The van der Waals surface area contributed by atoms with Gasteiger partial charge in [0.15, 0.2) is 0 Å². The summed E-state index contributed by atoms with van der Waals surface area (Å²) in [7, 11) is 0. The lowest BCUT2D eigenvalue weighted by Gasteiger charge is -2.12. The summed E-state index contributed by atoms with van der Waals surface area (Å²) in [5.41, 5.74) is 6.68. The van der Waals surface area contributed by atoms with Gasteiger partial charge in [-0.25, -0.2) is 0 Å². The number of aliphatic hydroxyl groups is 1. The van der Waals surface area contributed by atoms with Gasteiger partial charge in [0.1, 0.15) is 12.4 Å². The lowest BCUT2D eigenvalue weighted by atomic mass is 10.1. The van der Waals surface area contributed by atoms with Crippen LogP contribution in [0.15, 0.2) is 18.2 Å². The van der Waals surface area contributed by atoms with Crippen molar-refractivity contribution in [3.05, 3.63) is 28.8 Å².